The van der Waals surface area contributed by atoms with E-state index in [1.54, 1.807) is 62.8 Å². The summed E-state index contributed by atoms with van der Waals surface area (Å²) in [4.78, 5) is 46.6. The minimum Gasteiger partial charge on any atom is -0.497 e. The summed E-state index contributed by atoms with van der Waals surface area (Å²) < 4.78 is 11.4. The zero-order chi connectivity index (χ0) is 27.6. The number of ketones is 3. The van der Waals surface area contributed by atoms with E-state index in [4.69, 9.17) is 9.47 Å². The normalized spacial score (nSPS) is 21.8. The van der Waals surface area contributed by atoms with Crippen molar-refractivity contribution in [2.24, 2.45) is 5.41 Å². The number of anilines is 1. The van der Waals surface area contributed by atoms with E-state index < -0.39 is 23.4 Å². The monoisotopic (exact) mass is 547 g/mol. The SMILES string of the molecule is COc1ccc(OC)c([C@@H]2[C@H](C(=O)c3cccs3)N3c4ccccc4C=C[C@H]3C23C(=O)c2ccccc2C3=O)c1. The van der Waals surface area contributed by atoms with E-state index in [9.17, 15) is 14.4 Å². The van der Waals surface area contributed by atoms with E-state index in [-0.39, 0.29) is 17.3 Å². The van der Waals surface area contributed by atoms with Crippen LogP contribution in [0.5, 0.6) is 11.5 Å². The molecular formula is C33H25NO5S. The number of carbonyl (C=O) groups is 3. The van der Waals surface area contributed by atoms with Crippen molar-refractivity contribution < 1.29 is 23.9 Å². The van der Waals surface area contributed by atoms with Gasteiger partial charge >= 0.3 is 0 Å². The molecule has 3 heterocycles. The molecular weight excluding hydrogens is 522 g/mol. The average Bonchev–Trinajstić information content (AvgIpc) is 3.70. The van der Waals surface area contributed by atoms with Gasteiger partial charge in [-0.05, 0) is 41.3 Å². The van der Waals surface area contributed by atoms with E-state index in [0.717, 1.165) is 11.3 Å². The number of nitrogens with zero attached hydrogens (tertiary/aromatic N) is 1. The van der Waals surface area contributed by atoms with E-state index in [1.807, 2.05) is 52.8 Å². The summed E-state index contributed by atoms with van der Waals surface area (Å²) in [5, 5.41) is 1.86. The minimum absolute atomic E-state index is 0.145. The zero-order valence-corrected chi connectivity index (χ0v) is 22.7. The van der Waals surface area contributed by atoms with Gasteiger partial charge in [0.25, 0.3) is 0 Å². The molecule has 4 aromatic rings. The van der Waals surface area contributed by atoms with Gasteiger partial charge in [0.05, 0.1) is 25.1 Å². The molecule has 0 N–H and O–H groups in total. The molecule has 6 nitrogen and oxygen atoms in total. The summed E-state index contributed by atoms with van der Waals surface area (Å²) >= 11 is 1.35. The lowest BCUT2D eigenvalue weighted by atomic mass is 9.64. The van der Waals surface area contributed by atoms with Crippen molar-refractivity contribution in [3.63, 3.8) is 0 Å². The fourth-order valence-corrected chi connectivity index (χ4v) is 7.61. The van der Waals surface area contributed by atoms with Gasteiger partial charge < -0.3 is 14.4 Å². The second-order valence-corrected chi connectivity index (χ2v) is 11.2. The fourth-order valence-electron chi connectivity index (χ4n) is 6.91. The van der Waals surface area contributed by atoms with Gasteiger partial charge in [-0.25, -0.2) is 0 Å². The highest BCUT2D eigenvalue weighted by molar-refractivity contribution is 7.12. The quantitative estimate of drug-likeness (QED) is 0.223. The summed E-state index contributed by atoms with van der Waals surface area (Å²) in [5.41, 5.74) is 1.50. The Bertz CT molecular complexity index is 1690. The zero-order valence-electron chi connectivity index (χ0n) is 21.9. The first kappa shape index (κ1) is 24.5. The number of para-hydroxylation sites is 1. The molecule has 1 aromatic heterocycles. The molecule has 0 unspecified atom stereocenters. The van der Waals surface area contributed by atoms with Crippen LogP contribution in [0.3, 0.4) is 0 Å². The van der Waals surface area contributed by atoms with Crippen molar-refractivity contribution in [3.05, 3.63) is 117 Å². The van der Waals surface area contributed by atoms with E-state index in [1.165, 1.54) is 11.3 Å². The molecule has 1 saturated heterocycles. The third-order valence-electron chi connectivity index (χ3n) is 8.52. The Balaban J connectivity index is 1.59. The molecule has 3 atom stereocenters. The fraction of sp³-hybridized carbons (Fsp3) is 0.182. The molecule has 7 rings (SSSR count). The molecule has 40 heavy (non-hydrogen) atoms. The number of hydrogen-bond donors (Lipinski definition) is 0. The Morgan fingerprint density at radius 1 is 0.875 bits per heavy atom. The van der Waals surface area contributed by atoms with Crippen molar-refractivity contribution in [1.82, 2.24) is 0 Å². The molecule has 1 spiro atoms. The van der Waals surface area contributed by atoms with Gasteiger partial charge in [0.1, 0.15) is 23.0 Å². The van der Waals surface area contributed by atoms with Crippen LogP contribution in [0.4, 0.5) is 5.69 Å². The van der Waals surface area contributed by atoms with Gasteiger partial charge in [-0.1, -0.05) is 60.7 Å². The molecule has 0 radical (unpaired) electrons. The first-order chi connectivity index (χ1) is 19.5. The predicted octanol–water partition coefficient (Wildman–Crippen LogP) is 6.08. The number of fused-ring (bicyclic) bond motifs is 5. The lowest BCUT2D eigenvalue weighted by Crippen LogP contribution is -2.48. The lowest BCUT2D eigenvalue weighted by molar-refractivity contribution is 0.0664. The topological polar surface area (TPSA) is 72.9 Å². The number of Topliss-reactive ketones (excluding diaryl/α,β-unsaturated/α-hetero) is 3. The van der Waals surface area contributed by atoms with Crippen molar-refractivity contribution in [1.29, 1.82) is 0 Å². The smallest absolute Gasteiger partial charge is 0.195 e. The Morgan fingerprint density at radius 3 is 2.27 bits per heavy atom. The Hall–Kier alpha value is -4.49. The molecule has 1 fully saturated rings. The van der Waals surface area contributed by atoms with Crippen LogP contribution in [0.25, 0.3) is 6.08 Å². The van der Waals surface area contributed by atoms with Crippen LogP contribution < -0.4 is 14.4 Å². The first-order valence-electron chi connectivity index (χ1n) is 13.1. The van der Waals surface area contributed by atoms with Gasteiger partial charge in [0, 0.05) is 28.3 Å². The maximum absolute atomic E-state index is 14.7. The third kappa shape index (κ3) is 3.12. The Morgan fingerprint density at radius 2 is 1.60 bits per heavy atom. The third-order valence-corrected chi connectivity index (χ3v) is 9.40. The van der Waals surface area contributed by atoms with Crippen LogP contribution in [-0.2, 0) is 0 Å². The molecule has 3 aliphatic rings. The molecule has 7 heteroatoms. The van der Waals surface area contributed by atoms with Gasteiger partial charge in [0.15, 0.2) is 17.3 Å². The number of carbonyl (C=O) groups excluding carboxylic acids is 3. The van der Waals surface area contributed by atoms with Crippen LogP contribution in [0.1, 0.15) is 47.4 Å². The second kappa shape index (κ2) is 9.03. The number of rotatable bonds is 5. The molecule has 3 aromatic carbocycles. The van der Waals surface area contributed by atoms with Crippen molar-refractivity contribution >= 4 is 40.4 Å². The summed E-state index contributed by atoms with van der Waals surface area (Å²) in [5.74, 6) is -0.520. The standard InChI is InChI=1S/C33H25NO5S/c1-38-20-14-15-25(39-2)23(18-20)28-29(30(35)26-12-7-17-40-26)34-24-11-6-3-8-19(24)13-16-27(34)33(28)31(36)21-9-4-5-10-22(21)32(33)37/h3-18,27-29H,1-2H3/t27-,28+,29+/m0/s1. The van der Waals surface area contributed by atoms with E-state index in [2.05, 4.69) is 0 Å². The summed E-state index contributed by atoms with van der Waals surface area (Å²) in [6.45, 7) is 0. The van der Waals surface area contributed by atoms with Crippen LogP contribution in [-0.4, -0.2) is 43.7 Å². The van der Waals surface area contributed by atoms with Gasteiger partial charge in [-0.2, -0.15) is 0 Å². The molecule has 0 amide bonds. The van der Waals surface area contributed by atoms with Crippen molar-refractivity contribution in [2.75, 3.05) is 19.1 Å². The van der Waals surface area contributed by atoms with Crippen LogP contribution in [0.15, 0.2) is 90.3 Å². The van der Waals surface area contributed by atoms with E-state index >= 15 is 0 Å². The lowest BCUT2D eigenvalue weighted by Gasteiger charge is -2.37. The number of hydrogen-bond acceptors (Lipinski definition) is 7. The van der Waals surface area contributed by atoms with Crippen LogP contribution in [0, 0.1) is 5.41 Å². The van der Waals surface area contributed by atoms with Gasteiger partial charge in [-0.3, -0.25) is 14.4 Å². The Kier molecular flexibility index (Phi) is 5.54. The van der Waals surface area contributed by atoms with Crippen LogP contribution >= 0.6 is 11.3 Å². The van der Waals surface area contributed by atoms with Crippen molar-refractivity contribution in [2.45, 2.75) is 18.0 Å². The summed E-state index contributed by atoms with van der Waals surface area (Å²) in [7, 11) is 3.12. The highest BCUT2D eigenvalue weighted by atomic mass is 32.1. The average molecular weight is 548 g/mol. The molecule has 0 saturated carbocycles. The summed E-state index contributed by atoms with van der Waals surface area (Å²) in [6, 6.07) is 22.2. The molecule has 2 aliphatic heterocycles. The van der Waals surface area contributed by atoms with Crippen molar-refractivity contribution in [3.8, 4) is 11.5 Å². The maximum Gasteiger partial charge on any atom is 0.195 e. The summed E-state index contributed by atoms with van der Waals surface area (Å²) in [6.07, 6.45) is 3.88. The molecule has 0 bridgehead atoms. The van der Waals surface area contributed by atoms with Gasteiger partial charge in [0.2, 0.25) is 0 Å². The second-order valence-electron chi connectivity index (χ2n) is 10.2. The number of ether oxygens (including phenoxy) is 2. The maximum atomic E-state index is 14.7. The molecule has 198 valence electrons. The number of thiophene rings is 1. The largest absolute Gasteiger partial charge is 0.497 e. The first-order valence-corrected chi connectivity index (χ1v) is 13.9. The highest BCUT2D eigenvalue weighted by Crippen LogP contribution is 2.62. The minimum atomic E-state index is -1.59. The molecule has 1 aliphatic carbocycles. The number of methoxy groups -OCH3 is 2. The number of benzene rings is 3. The van der Waals surface area contributed by atoms with Crippen LogP contribution in [0.2, 0.25) is 0 Å². The Labute approximate surface area is 235 Å². The predicted molar refractivity (Wildman–Crippen MR) is 154 cm³/mol. The highest BCUT2D eigenvalue weighted by Gasteiger charge is 2.72. The van der Waals surface area contributed by atoms with E-state index in [0.29, 0.717) is 33.1 Å². The van der Waals surface area contributed by atoms with Gasteiger partial charge in [-0.15, -0.1) is 11.3 Å².